The minimum atomic E-state index is -0.281. The molecule has 0 atom stereocenters. The summed E-state index contributed by atoms with van der Waals surface area (Å²) < 4.78 is 5.13. The van der Waals surface area contributed by atoms with Gasteiger partial charge in [-0.15, -0.1) is 0 Å². The first-order valence-corrected chi connectivity index (χ1v) is 8.45. The number of pyridine rings is 1. The summed E-state index contributed by atoms with van der Waals surface area (Å²) in [4.78, 5) is 16.7. The second-order valence-corrected chi connectivity index (χ2v) is 6.15. The largest absolute Gasteiger partial charge is 0.495 e. The Hall–Kier alpha value is -2.76. The molecule has 2 N–H and O–H groups in total. The van der Waals surface area contributed by atoms with Gasteiger partial charge in [0.15, 0.2) is 0 Å². The van der Waals surface area contributed by atoms with Crippen molar-refractivity contribution in [3.05, 3.63) is 76.4 Å². The van der Waals surface area contributed by atoms with Gasteiger partial charge < -0.3 is 15.4 Å². The molecule has 0 aliphatic rings. The van der Waals surface area contributed by atoms with Gasteiger partial charge in [0.1, 0.15) is 11.6 Å². The average molecular weight is 388 g/mol. The standard InChI is InChI=1S/C19H15Cl2N3O2/c1-26-17-7-6-13(11-15(17)21)23-18-10-12(8-9-22-18)19(25)24-16-5-3-2-4-14(16)20/h2-11H,1H3,(H,22,23)(H,24,25). The van der Waals surface area contributed by atoms with E-state index < -0.39 is 0 Å². The zero-order chi connectivity index (χ0) is 18.5. The zero-order valence-electron chi connectivity index (χ0n) is 13.8. The van der Waals surface area contributed by atoms with Crippen LogP contribution in [0.4, 0.5) is 17.2 Å². The highest BCUT2D eigenvalue weighted by Gasteiger charge is 2.10. The molecule has 2 aromatic carbocycles. The van der Waals surface area contributed by atoms with Crippen molar-refractivity contribution in [1.82, 2.24) is 4.98 Å². The van der Waals surface area contributed by atoms with Crippen LogP contribution in [-0.4, -0.2) is 18.0 Å². The predicted molar refractivity (Wildman–Crippen MR) is 105 cm³/mol. The van der Waals surface area contributed by atoms with Crippen molar-refractivity contribution in [2.45, 2.75) is 0 Å². The summed E-state index contributed by atoms with van der Waals surface area (Å²) in [5, 5.41) is 6.84. The van der Waals surface area contributed by atoms with Gasteiger partial charge in [-0.25, -0.2) is 4.98 Å². The molecule has 0 aliphatic heterocycles. The summed E-state index contributed by atoms with van der Waals surface area (Å²) >= 11 is 12.2. The number of anilines is 3. The van der Waals surface area contributed by atoms with Gasteiger partial charge in [-0.2, -0.15) is 0 Å². The maximum atomic E-state index is 12.4. The normalized spacial score (nSPS) is 10.3. The molecule has 0 bridgehead atoms. The zero-order valence-corrected chi connectivity index (χ0v) is 15.3. The summed E-state index contributed by atoms with van der Waals surface area (Å²) in [5.41, 5.74) is 1.72. The first kappa shape index (κ1) is 18.0. The number of carbonyl (C=O) groups is 1. The van der Waals surface area contributed by atoms with E-state index in [1.807, 2.05) is 6.07 Å². The van der Waals surface area contributed by atoms with Gasteiger partial charge in [0, 0.05) is 17.4 Å². The maximum Gasteiger partial charge on any atom is 0.255 e. The summed E-state index contributed by atoms with van der Waals surface area (Å²) in [6, 6.07) is 15.6. The van der Waals surface area contributed by atoms with Crippen LogP contribution in [0, 0.1) is 0 Å². The molecule has 3 aromatic rings. The van der Waals surface area contributed by atoms with E-state index in [0.717, 1.165) is 5.69 Å². The SMILES string of the molecule is COc1ccc(Nc2cc(C(=O)Nc3ccccc3Cl)ccn2)cc1Cl. The number of rotatable bonds is 5. The molecule has 1 heterocycles. The molecule has 5 nitrogen and oxygen atoms in total. The van der Waals surface area contributed by atoms with Crippen molar-refractivity contribution in [3.63, 3.8) is 0 Å². The molecule has 0 fully saturated rings. The molecule has 1 aromatic heterocycles. The van der Waals surface area contributed by atoms with E-state index in [1.165, 1.54) is 0 Å². The molecule has 0 saturated heterocycles. The number of para-hydroxylation sites is 1. The number of nitrogens with one attached hydrogen (secondary N) is 2. The van der Waals surface area contributed by atoms with Gasteiger partial charge >= 0.3 is 0 Å². The molecule has 0 aliphatic carbocycles. The number of ether oxygens (including phenoxy) is 1. The lowest BCUT2D eigenvalue weighted by Gasteiger charge is -2.10. The van der Waals surface area contributed by atoms with Gasteiger partial charge in [-0.1, -0.05) is 35.3 Å². The Morgan fingerprint density at radius 1 is 1.04 bits per heavy atom. The highest BCUT2D eigenvalue weighted by Crippen LogP contribution is 2.28. The fourth-order valence-electron chi connectivity index (χ4n) is 2.29. The van der Waals surface area contributed by atoms with Gasteiger partial charge in [0.05, 0.1) is 22.8 Å². The van der Waals surface area contributed by atoms with E-state index in [-0.39, 0.29) is 5.91 Å². The Morgan fingerprint density at radius 2 is 1.85 bits per heavy atom. The molecule has 132 valence electrons. The Balaban J connectivity index is 1.76. The molecule has 0 spiro atoms. The third-order valence-electron chi connectivity index (χ3n) is 3.57. The van der Waals surface area contributed by atoms with Crippen molar-refractivity contribution in [1.29, 1.82) is 0 Å². The van der Waals surface area contributed by atoms with Crippen molar-refractivity contribution < 1.29 is 9.53 Å². The number of hydrogen-bond acceptors (Lipinski definition) is 4. The molecule has 7 heteroatoms. The smallest absolute Gasteiger partial charge is 0.255 e. The minimum Gasteiger partial charge on any atom is -0.495 e. The van der Waals surface area contributed by atoms with Gasteiger partial charge in [0.25, 0.3) is 5.91 Å². The third-order valence-corrected chi connectivity index (χ3v) is 4.19. The van der Waals surface area contributed by atoms with Crippen LogP contribution in [0.25, 0.3) is 0 Å². The fourth-order valence-corrected chi connectivity index (χ4v) is 2.73. The molecule has 1 amide bonds. The third kappa shape index (κ3) is 4.25. The number of hydrogen-bond donors (Lipinski definition) is 2. The molecule has 0 unspecified atom stereocenters. The van der Waals surface area contributed by atoms with E-state index in [4.69, 9.17) is 27.9 Å². The molecule has 0 radical (unpaired) electrons. The Bertz CT molecular complexity index is 948. The molecule has 0 saturated carbocycles. The second kappa shape index (κ2) is 8.08. The first-order chi connectivity index (χ1) is 12.6. The van der Waals surface area contributed by atoms with Gasteiger partial charge in [0.2, 0.25) is 0 Å². The van der Waals surface area contributed by atoms with Crippen LogP contribution < -0.4 is 15.4 Å². The topological polar surface area (TPSA) is 63.2 Å². The highest BCUT2D eigenvalue weighted by molar-refractivity contribution is 6.34. The molecular formula is C19H15Cl2N3O2. The number of carbonyl (C=O) groups excluding carboxylic acids is 1. The Labute approximate surface area is 160 Å². The number of aromatic nitrogens is 1. The van der Waals surface area contributed by atoms with Crippen LogP contribution in [0.2, 0.25) is 10.0 Å². The number of nitrogens with zero attached hydrogens (tertiary/aromatic N) is 1. The number of amides is 1. The van der Waals surface area contributed by atoms with Crippen LogP contribution in [0.3, 0.4) is 0 Å². The lowest BCUT2D eigenvalue weighted by molar-refractivity contribution is 0.102. The average Bonchev–Trinajstić information content (AvgIpc) is 2.64. The number of methoxy groups -OCH3 is 1. The maximum absolute atomic E-state index is 12.4. The van der Waals surface area contributed by atoms with Crippen molar-refractivity contribution in [2.75, 3.05) is 17.7 Å². The predicted octanol–water partition coefficient (Wildman–Crippen LogP) is 5.39. The summed E-state index contributed by atoms with van der Waals surface area (Å²) in [5.74, 6) is 0.812. The first-order valence-electron chi connectivity index (χ1n) is 7.69. The molecule has 26 heavy (non-hydrogen) atoms. The lowest BCUT2D eigenvalue weighted by Crippen LogP contribution is -2.12. The Morgan fingerprint density at radius 3 is 2.58 bits per heavy atom. The van der Waals surface area contributed by atoms with E-state index in [1.54, 1.807) is 61.8 Å². The van der Waals surface area contributed by atoms with Crippen molar-refractivity contribution in [2.24, 2.45) is 0 Å². The summed E-state index contributed by atoms with van der Waals surface area (Å²) in [7, 11) is 1.55. The van der Waals surface area contributed by atoms with Crippen LogP contribution >= 0.6 is 23.2 Å². The molecule has 3 rings (SSSR count). The van der Waals surface area contributed by atoms with E-state index in [0.29, 0.717) is 32.9 Å². The van der Waals surface area contributed by atoms with Crippen LogP contribution in [0.5, 0.6) is 5.75 Å². The highest BCUT2D eigenvalue weighted by atomic mass is 35.5. The quantitative estimate of drug-likeness (QED) is 0.615. The van der Waals surface area contributed by atoms with Gasteiger partial charge in [-0.3, -0.25) is 4.79 Å². The number of halogens is 2. The van der Waals surface area contributed by atoms with Gasteiger partial charge in [-0.05, 0) is 42.5 Å². The minimum absolute atomic E-state index is 0.281. The summed E-state index contributed by atoms with van der Waals surface area (Å²) in [6.45, 7) is 0. The van der Waals surface area contributed by atoms with Crippen molar-refractivity contribution in [3.8, 4) is 5.75 Å². The monoisotopic (exact) mass is 387 g/mol. The fraction of sp³-hybridized carbons (Fsp3) is 0.0526. The summed E-state index contributed by atoms with van der Waals surface area (Å²) in [6.07, 6.45) is 1.55. The number of benzene rings is 2. The van der Waals surface area contributed by atoms with Crippen LogP contribution in [0.15, 0.2) is 60.8 Å². The van der Waals surface area contributed by atoms with E-state index in [2.05, 4.69) is 15.6 Å². The van der Waals surface area contributed by atoms with Crippen molar-refractivity contribution >= 4 is 46.3 Å². The molecular weight excluding hydrogens is 373 g/mol. The Kier molecular flexibility index (Phi) is 5.61. The van der Waals surface area contributed by atoms with E-state index in [9.17, 15) is 4.79 Å². The van der Waals surface area contributed by atoms with E-state index >= 15 is 0 Å². The van der Waals surface area contributed by atoms with Crippen LogP contribution in [-0.2, 0) is 0 Å². The van der Waals surface area contributed by atoms with Crippen LogP contribution in [0.1, 0.15) is 10.4 Å². The second-order valence-electron chi connectivity index (χ2n) is 5.34. The lowest BCUT2D eigenvalue weighted by atomic mass is 10.2.